The molecule has 26 heavy (non-hydrogen) atoms. The Balaban J connectivity index is 1.56. The highest BCUT2D eigenvalue weighted by atomic mass is 32.2. The lowest BCUT2D eigenvalue weighted by Crippen LogP contribution is -2.24. The SMILES string of the molecule is Cc1ccc(C(=O)CSc2cccc(NC(=O)C3CCCCC3)c2)cc1. The molecule has 0 aliphatic heterocycles. The van der Waals surface area contributed by atoms with E-state index in [0.717, 1.165) is 47.4 Å². The average Bonchev–Trinajstić information content (AvgIpc) is 2.67. The van der Waals surface area contributed by atoms with Gasteiger partial charge in [0.2, 0.25) is 5.91 Å². The van der Waals surface area contributed by atoms with Crippen molar-refractivity contribution in [3.05, 3.63) is 59.7 Å². The largest absolute Gasteiger partial charge is 0.326 e. The molecule has 1 N–H and O–H groups in total. The fourth-order valence-corrected chi connectivity index (χ4v) is 4.09. The molecule has 3 rings (SSSR count). The van der Waals surface area contributed by atoms with E-state index in [1.54, 1.807) is 0 Å². The predicted octanol–water partition coefficient (Wildman–Crippen LogP) is 5.49. The van der Waals surface area contributed by atoms with Gasteiger partial charge in [-0.25, -0.2) is 0 Å². The molecule has 0 spiro atoms. The molecule has 136 valence electrons. The quantitative estimate of drug-likeness (QED) is 0.542. The first kappa shape index (κ1) is 18.7. The lowest BCUT2D eigenvalue weighted by Gasteiger charge is -2.20. The van der Waals surface area contributed by atoms with E-state index in [1.807, 2.05) is 55.5 Å². The van der Waals surface area contributed by atoms with Gasteiger partial charge < -0.3 is 5.32 Å². The summed E-state index contributed by atoms with van der Waals surface area (Å²) in [5, 5.41) is 3.04. The molecule has 0 heterocycles. The molecule has 1 fully saturated rings. The van der Waals surface area contributed by atoms with Gasteiger partial charge in [0.1, 0.15) is 0 Å². The van der Waals surface area contributed by atoms with Gasteiger partial charge in [-0.15, -0.1) is 11.8 Å². The number of rotatable bonds is 6. The highest BCUT2D eigenvalue weighted by Gasteiger charge is 2.21. The van der Waals surface area contributed by atoms with Crippen LogP contribution in [0.2, 0.25) is 0 Å². The van der Waals surface area contributed by atoms with Gasteiger partial charge in [0.25, 0.3) is 0 Å². The molecule has 0 saturated heterocycles. The minimum atomic E-state index is 0.117. The number of amides is 1. The molecule has 3 nitrogen and oxygen atoms in total. The van der Waals surface area contributed by atoms with Gasteiger partial charge in [-0.2, -0.15) is 0 Å². The zero-order chi connectivity index (χ0) is 18.4. The second-order valence-electron chi connectivity index (χ2n) is 6.93. The van der Waals surface area contributed by atoms with Gasteiger partial charge in [-0.3, -0.25) is 9.59 Å². The Morgan fingerprint density at radius 2 is 1.77 bits per heavy atom. The molecule has 0 bridgehead atoms. The molecule has 2 aromatic rings. The fourth-order valence-electron chi connectivity index (χ4n) is 3.24. The smallest absolute Gasteiger partial charge is 0.227 e. The maximum Gasteiger partial charge on any atom is 0.227 e. The number of carbonyl (C=O) groups is 2. The highest BCUT2D eigenvalue weighted by molar-refractivity contribution is 8.00. The molecule has 1 aliphatic carbocycles. The van der Waals surface area contributed by atoms with Crippen molar-refractivity contribution in [1.29, 1.82) is 0 Å². The third-order valence-electron chi connectivity index (χ3n) is 4.82. The van der Waals surface area contributed by atoms with Crippen molar-refractivity contribution < 1.29 is 9.59 Å². The van der Waals surface area contributed by atoms with E-state index in [4.69, 9.17) is 0 Å². The molecule has 0 aromatic heterocycles. The average molecular weight is 368 g/mol. The van der Waals surface area contributed by atoms with E-state index in [1.165, 1.54) is 18.2 Å². The van der Waals surface area contributed by atoms with Crippen LogP contribution in [-0.2, 0) is 4.79 Å². The second kappa shape index (κ2) is 9.04. The Kier molecular flexibility index (Phi) is 6.51. The Hall–Kier alpha value is -2.07. The second-order valence-corrected chi connectivity index (χ2v) is 7.98. The van der Waals surface area contributed by atoms with Crippen molar-refractivity contribution in [3.63, 3.8) is 0 Å². The molecule has 1 amide bonds. The normalized spacial score (nSPS) is 14.8. The van der Waals surface area contributed by atoms with Gasteiger partial charge in [0, 0.05) is 22.1 Å². The summed E-state index contributed by atoms with van der Waals surface area (Å²) in [5.41, 5.74) is 2.70. The summed E-state index contributed by atoms with van der Waals surface area (Å²) in [6.07, 6.45) is 5.52. The first-order chi connectivity index (χ1) is 12.6. The number of nitrogens with one attached hydrogen (secondary N) is 1. The van der Waals surface area contributed by atoms with Crippen LogP contribution in [0.25, 0.3) is 0 Å². The predicted molar refractivity (Wildman–Crippen MR) is 108 cm³/mol. The van der Waals surface area contributed by atoms with E-state index in [9.17, 15) is 9.59 Å². The van der Waals surface area contributed by atoms with Crippen LogP contribution in [0, 0.1) is 12.8 Å². The number of ketones is 1. The molecule has 1 aliphatic rings. The number of carbonyl (C=O) groups excluding carboxylic acids is 2. The van der Waals surface area contributed by atoms with Crippen LogP contribution in [0.1, 0.15) is 48.0 Å². The Labute approximate surface area is 159 Å². The molecule has 0 unspecified atom stereocenters. The summed E-state index contributed by atoms with van der Waals surface area (Å²) in [5.74, 6) is 0.778. The van der Waals surface area contributed by atoms with Crippen LogP contribution in [0.15, 0.2) is 53.4 Å². The molecule has 1 saturated carbocycles. The van der Waals surface area contributed by atoms with Gasteiger partial charge in [-0.1, -0.05) is 55.2 Å². The van der Waals surface area contributed by atoms with E-state index in [-0.39, 0.29) is 17.6 Å². The monoisotopic (exact) mass is 367 g/mol. The first-order valence-corrected chi connectivity index (χ1v) is 10.2. The summed E-state index contributed by atoms with van der Waals surface area (Å²) >= 11 is 1.50. The van der Waals surface area contributed by atoms with Crippen molar-refractivity contribution in [3.8, 4) is 0 Å². The van der Waals surface area contributed by atoms with Crippen LogP contribution >= 0.6 is 11.8 Å². The van der Waals surface area contributed by atoms with Gasteiger partial charge >= 0.3 is 0 Å². The first-order valence-electron chi connectivity index (χ1n) is 9.25. The summed E-state index contributed by atoms with van der Waals surface area (Å²) < 4.78 is 0. The van der Waals surface area contributed by atoms with E-state index in [2.05, 4.69) is 5.32 Å². The zero-order valence-corrected chi connectivity index (χ0v) is 16.0. The number of benzene rings is 2. The van der Waals surface area contributed by atoms with Crippen molar-refractivity contribution in [2.24, 2.45) is 5.92 Å². The Morgan fingerprint density at radius 3 is 2.50 bits per heavy atom. The van der Waals surface area contributed by atoms with Crippen molar-refractivity contribution in [2.75, 3.05) is 11.1 Å². The Morgan fingerprint density at radius 1 is 1.04 bits per heavy atom. The molecule has 4 heteroatoms. The van der Waals surface area contributed by atoms with Crippen LogP contribution in [0.3, 0.4) is 0 Å². The molecule has 0 radical (unpaired) electrons. The molecule has 2 aromatic carbocycles. The van der Waals surface area contributed by atoms with Gasteiger partial charge in [0.05, 0.1) is 5.75 Å². The van der Waals surface area contributed by atoms with Crippen LogP contribution < -0.4 is 5.32 Å². The summed E-state index contributed by atoms with van der Waals surface area (Å²) in [4.78, 5) is 25.7. The van der Waals surface area contributed by atoms with Crippen molar-refractivity contribution >= 4 is 29.1 Å². The van der Waals surface area contributed by atoms with Crippen LogP contribution in [0.4, 0.5) is 5.69 Å². The minimum absolute atomic E-state index is 0.117. The van der Waals surface area contributed by atoms with Crippen molar-refractivity contribution in [2.45, 2.75) is 43.9 Å². The van der Waals surface area contributed by atoms with Gasteiger partial charge in [-0.05, 0) is 38.0 Å². The highest BCUT2D eigenvalue weighted by Crippen LogP contribution is 2.26. The van der Waals surface area contributed by atoms with Gasteiger partial charge in [0.15, 0.2) is 5.78 Å². The number of hydrogen-bond acceptors (Lipinski definition) is 3. The molecule has 0 atom stereocenters. The third kappa shape index (κ3) is 5.21. The topological polar surface area (TPSA) is 46.2 Å². The maximum absolute atomic E-state index is 12.4. The zero-order valence-electron chi connectivity index (χ0n) is 15.2. The van der Waals surface area contributed by atoms with Crippen LogP contribution in [0.5, 0.6) is 0 Å². The fraction of sp³-hybridized carbons (Fsp3) is 0.364. The lowest BCUT2D eigenvalue weighted by atomic mass is 9.88. The third-order valence-corrected chi connectivity index (χ3v) is 5.81. The summed E-state index contributed by atoms with van der Waals surface area (Å²) in [6.45, 7) is 2.01. The summed E-state index contributed by atoms with van der Waals surface area (Å²) in [7, 11) is 0. The standard InChI is InChI=1S/C22H25NO2S/c1-16-10-12-17(13-11-16)21(24)15-26-20-9-5-8-19(14-20)23-22(25)18-6-3-2-4-7-18/h5,8-14,18H,2-4,6-7,15H2,1H3,(H,23,25). The molecular formula is C22H25NO2S. The van der Waals surface area contributed by atoms with Crippen molar-refractivity contribution in [1.82, 2.24) is 0 Å². The Bertz CT molecular complexity index is 764. The van der Waals surface area contributed by atoms with Crippen LogP contribution in [-0.4, -0.2) is 17.4 Å². The number of hydrogen-bond donors (Lipinski definition) is 1. The van der Waals surface area contributed by atoms with E-state index < -0.39 is 0 Å². The number of thioether (sulfide) groups is 1. The molecular weight excluding hydrogens is 342 g/mol. The summed E-state index contributed by atoms with van der Waals surface area (Å²) in [6, 6.07) is 15.4. The minimum Gasteiger partial charge on any atom is -0.326 e. The maximum atomic E-state index is 12.4. The van der Waals surface area contributed by atoms with E-state index >= 15 is 0 Å². The number of anilines is 1. The number of Topliss-reactive ketones (excluding diaryl/α,β-unsaturated/α-hetero) is 1. The number of aryl methyl sites for hydroxylation is 1. The van der Waals surface area contributed by atoms with E-state index in [0.29, 0.717) is 5.75 Å². The lowest BCUT2D eigenvalue weighted by molar-refractivity contribution is -0.120.